The summed E-state index contributed by atoms with van der Waals surface area (Å²) in [5.74, 6) is 0.550. The van der Waals surface area contributed by atoms with Crippen LogP contribution in [0.1, 0.15) is 40.9 Å². The Bertz CT molecular complexity index is 1150. The highest BCUT2D eigenvalue weighted by molar-refractivity contribution is 5.89. The zero-order valence-electron chi connectivity index (χ0n) is 13.9. The predicted molar refractivity (Wildman–Crippen MR) is 92.8 cm³/mol. The lowest BCUT2D eigenvalue weighted by atomic mass is 10.1. The van der Waals surface area contributed by atoms with Gasteiger partial charge in [0.25, 0.3) is 5.89 Å². The smallest absolute Gasteiger partial charge is 0.371 e. The van der Waals surface area contributed by atoms with Gasteiger partial charge < -0.3 is 19.6 Å². The molecule has 0 spiro atoms. The van der Waals surface area contributed by atoms with Crippen LogP contribution < -0.4 is 0 Å². The molecule has 0 saturated heterocycles. The van der Waals surface area contributed by atoms with Crippen LogP contribution in [0.25, 0.3) is 33.7 Å². The molecule has 8 nitrogen and oxygen atoms in total. The number of imidazole rings is 1. The van der Waals surface area contributed by atoms with E-state index in [1.165, 1.54) is 0 Å². The van der Waals surface area contributed by atoms with Crippen molar-refractivity contribution in [3.05, 3.63) is 41.6 Å². The minimum Gasteiger partial charge on any atom is -0.475 e. The number of aromatic amines is 2. The van der Waals surface area contributed by atoms with Crippen molar-refractivity contribution < 1.29 is 14.4 Å². The van der Waals surface area contributed by atoms with Crippen molar-refractivity contribution in [2.75, 3.05) is 0 Å². The Kier molecular flexibility index (Phi) is 3.03. The highest BCUT2D eigenvalue weighted by Crippen LogP contribution is 2.39. The number of benzene rings is 1. The van der Waals surface area contributed by atoms with E-state index in [0.29, 0.717) is 23.2 Å². The van der Waals surface area contributed by atoms with E-state index in [1.807, 2.05) is 24.3 Å². The zero-order valence-corrected chi connectivity index (χ0v) is 13.9. The van der Waals surface area contributed by atoms with E-state index < -0.39 is 5.97 Å². The van der Waals surface area contributed by atoms with Gasteiger partial charge in [0.15, 0.2) is 5.82 Å². The quantitative estimate of drug-likeness (QED) is 0.518. The lowest BCUT2D eigenvalue weighted by molar-refractivity contribution is 0.0684. The third-order valence-corrected chi connectivity index (χ3v) is 4.60. The van der Waals surface area contributed by atoms with Gasteiger partial charge in [-0.25, -0.2) is 9.78 Å². The van der Waals surface area contributed by atoms with Crippen molar-refractivity contribution in [1.82, 2.24) is 25.1 Å². The molecule has 1 saturated carbocycles. The van der Waals surface area contributed by atoms with E-state index >= 15 is 0 Å². The van der Waals surface area contributed by atoms with Gasteiger partial charge in [-0.1, -0.05) is 11.2 Å². The fourth-order valence-corrected chi connectivity index (χ4v) is 3.09. The molecule has 0 bridgehead atoms. The molecular formula is C18H15N5O3. The molecule has 0 aliphatic heterocycles. The number of fused-ring (bicyclic) bond motifs is 1. The maximum absolute atomic E-state index is 11.1. The monoisotopic (exact) mass is 349 g/mol. The van der Waals surface area contributed by atoms with Crippen molar-refractivity contribution in [3.63, 3.8) is 0 Å². The van der Waals surface area contributed by atoms with E-state index in [2.05, 4.69) is 25.1 Å². The van der Waals surface area contributed by atoms with Crippen LogP contribution in [0.4, 0.5) is 0 Å². The third kappa shape index (κ3) is 2.38. The lowest BCUT2D eigenvalue weighted by Gasteiger charge is -1.98. The third-order valence-electron chi connectivity index (χ3n) is 4.60. The number of carbonyl (C=O) groups is 1. The van der Waals surface area contributed by atoms with Crippen LogP contribution in [0.5, 0.6) is 0 Å². The minimum absolute atomic E-state index is 0.0641. The summed E-state index contributed by atoms with van der Waals surface area (Å²) in [5.41, 5.74) is 3.88. The van der Waals surface area contributed by atoms with Gasteiger partial charge >= 0.3 is 5.97 Å². The Labute approximate surface area is 147 Å². The standard InChI is InChI=1S/C18H15N5O3/c1-8-14(21-16(19-8)18(24)25)10-4-5-12-11(6-10)7-13(20-12)17-22-15(23-26-17)9-2-3-9/h4-7,9,20H,2-3H2,1H3,(H,19,21)(H,24,25). The van der Waals surface area contributed by atoms with Crippen LogP contribution in [-0.4, -0.2) is 36.2 Å². The van der Waals surface area contributed by atoms with E-state index in [4.69, 9.17) is 9.63 Å². The highest BCUT2D eigenvalue weighted by atomic mass is 16.5. The Morgan fingerprint density at radius 2 is 2.08 bits per heavy atom. The van der Waals surface area contributed by atoms with Crippen molar-refractivity contribution in [1.29, 1.82) is 0 Å². The van der Waals surface area contributed by atoms with Gasteiger partial charge in [0.2, 0.25) is 5.82 Å². The van der Waals surface area contributed by atoms with Gasteiger partial charge in [0.1, 0.15) is 5.69 Å². The molecule has 3 aromatic heterocycles. The van der Waals surface area contributed by atoms with E-state index in [9.17, 15) is 4.79 Å². The molecule has 1 aliphatic rings. The first kappa shape index (κ1) is 14.9. The summed E-state index contributed by atoms with van der Waals surface area (Å²) in [6, 6.07) is 7.74. The molecule has 3 N–H and O–H groups in total. The first-order chi connectivity index (χ1) is 12.6. The molecule has 3 heterocycles. The molecule has 1 aliphatic carbocycles. The number of hydrogen-bond donors (Lipinski definition) is 3. The van der Waals surface area contributed by atoms with Gasteiger partial charge in [-0.2, -0.15) is 4.98 Å². The lowest BCUT2D eigenvalue weighted by Crippen LogP contribution is -1.98. The van der Waals surface area contributed by atoms with Crippen LogP contribution in [-0.2, 0) is 0 Å². The van der Waals surface area contributed by atoms with Gasteiger partial charge in [0, 0.05) is 28.1 Å². The molecule has 8 heteroatoms. The van der Waals surface area contributed by atoms with Crippen LogP contribution in [0.3, 0.4) is 0 Å². The SMILES string of the molecule is Cc1[nH]c(C(=O)O)nc1-c1ccc2[nH]c(-c3nc(C4CC4)no3)cc2c1. The fraction of sp³-hybridized carbons (Fsp3) is 0.222. The Hall–Kier alpha value is -3.42. The average molecular weight is 349 g/mol. The van der Waals surface area contributed by atoms with E-state index in [0.717, 1.165) is 40.8 Å². The van der Waals surface area contributed by atoms with Crippen LogP contribution in [0.15, 0.2) is 28.8 Å². The Balaban J connectivity index is 1.54. The number of rotatable bonds is 4. The van der Waals surface area contributed by atoms with Crippen molar-refractivity contribution >= 4 is 16.9 Å². The molecule has 4 aromatic rings. The number of carboxylic acids is 1. The number of nitrogens with one attached hydrogen (secondary N) is 2. The maximum Gasteiger partial charge on any atom is 0.371 e. The zero-order chi connectivity index (χ0) is 17.8. The second kappa shape index (κ2) is 5.29. The summed E-state index contributed by atoms with van der Waals surface area (Å²) in [5, 5.41) is 14.1. The highest BCUT2D eigenvalue weighted by Gasteiger charge is 2.29. The molecule has 1 aromatic carbocycles. The average Bonchev–Trinajstić information content (AvgIpc) is 3.06. The molecule has 1 fully saturated rings. The second-order valence-corrected chi connectivity index (χ2v) is 6.58. The Morgan fingerprint density at radius 1 is 1.23 bits per heavy atom. The minimum atomic E-state index is -1.08. The normalized spacial score (nSPS) is 14.2. The van der Waals surface area contributed by atoms with E-state index in [1.54, 1.807) is 6.92 Å². The molecule has 0 unspecified atom stereocenters. The maximum atomic E-state index is 11.1. The van der Waals surface area contributed by atoms with Crippen LogP contribution in [0.2, 0.25) is 0 Å². The van der Waals surface area contributed by atoms with Gasteiger partial charge in [-0.3, -0.25) is 0 Å². The number of H-pyrrole nitrogens is 2. The molecule has 0 amide bonds. The first-order valence-corrected chi connectivity index (χ1v) is 8.35. The summed E-state index contributed by atoms with van der Waals surface area (Å²) in [7, 11) is 0. The van der Waals surface area contributed by atoms with Crippen molar-refractivity contribution in [3.8, 4) is 22.8 Å². The molecule has 0 atom stereocenters. The van der Waals surface area contributed by atoms with Gasteiger partial charge in [0.05, 0.1) is 5.69 Å². The summed E-state index contributed by atoms with van der Waals surface area (Å²) in [6.07, 6.45) is 2.24. The number of carboxylic acid groups (broad SMARTS) is 1. The summed E-state index contributed by atoms with van der Waals surface area (Å²) in [6.45, 7) is 1.80. The number of nitrogens with zero attached hydrogens (tertiary/aromatic N) is 3. The van der Waals surface area contributed by atoms with Crippen LogP contribution >= 0.6 is 0 Å². The second-order valence-electron chi connectivity index (χ2n) is 6.58. The number of aromatic carboxylic acids is 1. The first-order valence-electron chi connectivity index (χ1n) is 8.35. The number of aryl methyl sites for hydroxylation is 1. The van der Waals surface area contributed by atoms with Crippen LogP contribution in [0, 0.1) is 6.92 Å². The van der Waals surface area contributed by atoms with Gasteiger partial charge in [-0.05, 0) is 38.0 Å². The van der Waals surface area contributed by atoms with E-state index in [-0.39, 0.29) is 5.82 Å². The molecule has 130 valence electrons. The summed E-state index contributed by atoms with van der Waals surface area (Å²) < 4.78 is 5.37. The number of hydrogen-bond acceptors (Lipinski definition) is 5. The van der Waals surface area contributed by atoms with Gasteiger partial charge in [-0.15, -0.1) is 0 Å². The van der Waals surface area contributed by atoms with Crippen molar-refractivity contribution in [2.45, 2.75) is 25.7 Å². The summed E-state index contributed by atoms with van der Waals surface area (Å²) in [4.78, 5) is 25.8. The molecular weight excluding hydrogens is 334 g/mol. The molecule has 0 radical (unpaired) electrons. The predicted octanol–water partition coefficient (Wildman–Crippen LogP) is 3.49. The topological polar surface area (TPSA) is 121 Å². The summed E-state index contributed by atoms with van der Waals surface area (Å²) >= 11 is 0. The molecule has 5 rings (SSSR count). The largest absolute Gasteiger partial charge is 0.475 e. The van der Waals surface area contributed by atoms with Crippen molar-refractivity contribution in [2.24, 2.45) is 0 Å². The molecule has 26 heavy (non-hydrogen) atoms. The number of aromatic nitrogens is 5. The Morgan fingerprint density at radius 3 is 2.81 bits per heavy atom. The fourth-order valence-electron chi connectivity index (χ4n) is 3.09.